The molecule has 0 unspecified atom stereocenters. The minimum absolute atomic E-state index is 0.151. The molecule has 2 N–H and O–H groups in total. The summed E-state index contributed by atoms with van der Waals surface area (Å²) < 4.78 is 20.4. The van der Waals surface area contributed by atoms with E-state index >= 15 is 0 Å². The van der Waals surface area contributed by atoms with E-state index in [9.17, 15) is 9.18 Å². The molecule has 0 aliphatic heterocycles. The second-order valence-corrected chi connectivity index (χ2v) is 9.32. The molecule has 0 amide bonds. The molecule has 0 radical (unpaired) electrons. The van der Waals surface area contributed by atoms with Gasteiger partial charge < -0.3 is 15.4 Å². The topological polar surface area (TPSA) is 50.4 Å². The molecule has 0 aliphatic carbocycles. The van der Waals surface area contributed by atoms with Crippen LogP contribution in [-0.2, 0) is 4.74 Å². The standard InChI is InChI=1S/C20H15Br2FN2O2S2/c1-10-15(11-6-4-3-5-7-11)16(19(26)27-2)18(29-10)25-20(28)24-17-13(22)8-12(21)9-14(17)23/h3-9H,1-2H3,(H2,24,25,28). The molecule has 1 heterocycles. The lowest BCUT2D eigenvalue weighted by atomic mass is 10.0. The zero-order chi connectivity index (χ0) is 21.1. The van der Waals surface area contributed by atoms with Crippen LogP contribution in [0.5, 0.6) is 0 Å². The molecule has 0 spiro atoms. The molecule has 0 fully saturated rings. The molecule has 0 aliphatic rings. The molecule has 0 saturated carbocycles. The number of hydrogen-bond donors (Lipinski definition) is 2. The van der Waals surface area contributed by atoms with Crippen molar-refractivity contribution >= 4 is 77.2 Å². The first-order valence-electron chi connectivity index (χ1n) is 8.31. The fraction of sp³-hybridized carbons (Fsp3) is 0.100. The molecule has 2 aromatic carbocycles. The Hall–Kier alpha value is -1.81. The van der Waals surface area contributed by atoms with Crippen LogP contribution in [0.3, 0.4) is 0 Å². The summed E-state index contributed by atoms with van der Waals surface area (Å²) in [6.07, 6.45) is 0. The van der Waals surface area contributed by atoms with Crippen molar-refractivity contribution in [1.29, 1.82) is 0 Å². The van der Waals surface area contributed by atoms with Gasteiger partial charge in [0.25, 0.3) is 0 Å². The largest absolute Gasteiger partial charge is 0.465 e. The third-order valence-corrected chi connectivity index (χ3v) is 6.32. The minimum atomic E-state index is -0.477. The number of hydrogen-bond acceptors (Lipinski definition) is 4. The first-order chi connectivity index (χ1) is 13.8. The van der Waals surface area contributed by atoms with Crippen LogP contribution >= 0.6 is 55.4 Å². The van der Waals surface area contributed by atoms with Crippen molar-refractivity contribution in [3.05, 3.63) is 67.7 Å². The number of carbonyl (C=O) groups is 1. The number of thiocarbonyl (C=S) groups is 1. The highest BCUT2D eigenvalue weighted by Crippen LogP contribution is 2.40. The average molecular weight is 558 g/mol. The van der Waals surface area contributed by atoms with Crippen LogP contribution < -0.4 is 10.6 Å². The minimum Gasteiger partial charge on any atom is -0.465 e. The van der Waals surface area contributed by atoms with Crippen LogP contribution in [0.25, 0.3) is 11.1 Å². The van der Waals surface area contributed by atoms with Crippen LogP contribution in [0.15, 0.2) is 51.4 Å². The normalized spacial score (nSPS) is 10.5. The summed E-state index contributed by atoms with van der Waals surface area (Å²) in [6.45, 7) is 1.92. The van der Waals surface area contributed by atoms with Crippen LogP contribution in [0.2, 0.25) is 0 Å². The second kappa shape index (κ2) is 9.34. The Morgan fingerprint density at radius 3 is 2.48 bits per heavy atom. The monoisotopic (exact) mass is 556 g/mol. The highest BCUT2D eigenvalue weighted by atomic mass is 79.9. The Bertz CT molecular complexity index is 1060. The number of benzene rings is 2. The van der Waals surface area contributed by atoms with Crippen LogP contribution in [0.4, 0.5) is 15.1 Å². The summed E-state index contributed by atoms with van der Waals surface area (Å²) >= 11 is 13.3. The molecule has 0 bridgehead atoms. The van der Waals surface area contributed by atoms with Gasteiger partial charge in [-0.1, -0.05) is 46.3 Å². The first kappa shape index (κ1) is 21.9. The molecule has 3 aromatic rings. The van der Waals surface area contributed by atoms with Crippen molar-refractivity contribution in [3.8, 4) is 11.1 Å². The number of esters is 1. The summed E-state index contributed by atoms with van der Waals surface area (Å²) in [7, 11) is 1.33. The number of ether oxygens (including phenoxy) is 1. The van der Waals surface area contributed by atoms with E-state index in [-0.39, 0.29) is 10.8 Å². The number of nitrogens with one attached hydrogen (secondary N) is 2. The molecule has 0 atom stereocenters. The number of halogens is 3. The van der Waals surface area contributed by atoms with E-state index in [1.807, 2.05) is 37.3 Å². The zero-order valence-corrected chi connectivity index (χ0v) is 20.1. The van der Waals surface area contributed by atoms with Gasteiger partial charge in [0, 0.05) is 19.4 Å². The number of thiophene rings is 1. The fourth-order valence-electron chi connectivity index (χ4n) is 2.79. The van der Waals surface area contributed by atoms with E-state index in [0.29, 0.717) is 19.5 Å². The van der Waals surface area contributed by atoms with Crippen molar-refractivity contribution in [2.45, 2.75) is 6.92 Å². The molecule has 9 heteroatoms. The van der Waals surface area contributed by atoms with Gasteiger partial charge in [0.15, 0.2) is 5.11 Å². The molecule has 1 aromatic heterocycles. The van der Waals surface area contributed by atoms with Gasteiger partial charge in [0.05, 0.1) is 12.8 Å². The van der Waals surface area contributed by atoms with E-state index in [2.05, 4.69) is 42.5 Å². The highest BCUT2D eigenvalue weighted by Gasteiger charge is 2.24. The van der Waals surface area contributed by atoms with E-state index in [1.54, 1.807) is 6.07 Å². The van der Waals surface area contributed by atoms with Gasteiger partial charge in [-0.05, 0) is 52.8 Å². The van der Waals surface area contributed by atoms with Gasteiger partial charge in [-0.25, -0.2) is 9.18 Å². The van der Waals surface area contributed by atoms with Gasteiger partial charge >= 0.3 is 5.97 Å². The maximum absolute atomic E-state index is 14.3. The van der Waals surface area contributed by atoms with Crippen molar-refractivity contribution in [3.63, 3.8) is 0 Å². The van der Waals surface area contributed by atoms with Gasteiger partial charge in [0.1, 0.15) is 16.4 Å². The lowest BCUT2D eigenvalue weighted by molar-refractivity contribution is 0.0603. The van der Waals surface area contributed by atoms with Gasteiger partial charge in [0.2, 0.25) is 0 Å². The first-order valence-corrected chi connectivity index (χ1v) is 11.1. The number of aryl methyl sites for hydroxylation is 1. The molecule has 0 saturated heterocycles. The van der Waals surface area contributed by atoms with Gasteiger partial charge in [-0.2, -0.15) is 0 Å². The SMILES string of the molecule is COC(=O)c1c(NC(=S)Nc2c(F)cc(Br)cc2Br)sc(C)c1-c1ccccc1. The van der Waals surface area contributed by atoms with Crippen molar-refractivity contribution in [1.82, 2.24) is 0 Å². The smallest absolute Gasteiger partial charge is 0.341 e. The van der Waals surface area contributed by atoms with Crippen molar-refractivity contribution in [2.24, 2.45) is 0 Å². The summed E-state index contributed by atoms with van der Waals surface area (Å²) in [6, 6.07) is 12.6. The summed E-state index contributed by atoms with van der Waals surface area (Å²) in [5.41, 5.74) is 2.27. The van der Waals surface area contributed by atoms with E-state index in [0.717, 1.165) is 16.0 Å². The molecule has 4 nitrogen and oxygen atoms in total. The maximum atomic E-state index is 14.3. The van der Waals surface area contributed by atoms with Gasteiger partial charge in [-0.15, -0.1) is 11.3 Å². The van der Waals surface area contributed by atoms with Crippen LogP contribution in [-0.4, -0.2) is 18.2 Å². The van der Waals surface area contributed by atoms with Crippen LogP contribution in [0, 0.1) is 12.7 Å². The quantitative estimate of drug-likeness (QED) is 0.267. The molecular formula is C20H15Br2FN2O2S2. The second-order valence-electron chi connectivity index (χ2n) is 5.92. The predicted octanol–water partition coefficient (Wildman–Crippen LogP) is 6.98. The maximum Gasteiger partial charge on any atom is 0.341 e. The molecule has 3 rings (SSSR count). The fourth-order valence-corrected chi connectivity index (χ4v) is 5.40. The van der Waals surface area contributed by atoms with Crippen LogP contribution in [0.1, 0.15) is 15.2 Å². The third kappa shape index (κ3) is 4.85. The Morgan fingerprint density at radius 2 is 1.86 bits per heavy atom. The van der Waals surface area contributed by atoms with E-state index < -0.39 is 11.8 Å². The number of methoxy groups -OCH3 is 1. The lowest BCUT2D eigenvalue weighted by Crippen LogP contribution is -2.21. The summed E-state index contributed by atoms with van der Waals surface area (Å²) in [4.78, 5) is 13.5. The molecule has 150 valence electrons. The number of rotatable bonds is 4. The molecule has 29 heavy (non-hydrogen) atoms. The number of carbonyl (C=O) groups excluding carboxylic acids is 1. The van der Waals surface area contributed by atoms with Gasteiger partial charge in [-0.3, -0.25) is 0 Å². The van der Waals surface area contributed by atoms with Crippen molar-refractivity contribution in [2.75, 3.05) is 17.7 Å². The predicted molar refractivity (Wildman–Crippen MR) is 127 cm³/mol. The van der Waals surface area contributed by atoms with Crippen molar-refractivity contribution < 1.29 is 13.9 Å². The molecular weight excluding hydrogens is 543 g/mol. The highest BCUT2D eigenvalue weighted by molar-refractivity contribution is 9.11. The Morgan fingerprint density at radius 1 is 1.17 bits per heavy atom. The average Bonchev–Trinajstić information content (AvgIpc) is 3.00. The summed E-state index contributed by atoms with van der Waals surface area (Å²) in [5, 5.41) is 6.53. The lowest BCUT2D eigenvalue weighted by Gasteiger charge is -2.13. The third-order valence-electron chi connectivity index (χ3n) is 4.01. The Labute approximate surface area is 193 Å². The van der Waals surface area contributed by atoms with E-state index in [1.165, 1.54) is 24.5 Å². The Kier molecular flexibility index (Phi) is 7.05. The Balaban J connectivity index is 1.95. The summed E-state index contributed by atoms with van der Waals surface area (Å²) in [5.74, 6) is -0.953. The van der Waals surface area contributed by atoms with E-state index in [4.69, 9.17) is 17.0 Å². The zero-order valence-electron chi connectivity index (χ0n) is 15.3. The number of anilines is 2.